The number of carbonyl (C=O) groups is 1. The standard InChI is InChI=1S/C12H26N2O4/c1-4-9-17-12(16-6-3,18-10-5-2)7-8-14-11(13)15/h4-10H2,1-3H3,(H3,13,14,15). The van der Waals surface area contributed by atoms with Gasteiger partial charge in [0.05, 0.1) is 13.2 Å². The van der Waals surface area contributed by atoms with E-state index in [1.807, 2.05) is 20.8 Å². The summed E-state index contributed by atoms with van der Waals surface area (Å²) in [7, 11) is 0. The highest BCUT2D eigenvalue weighted by molar-refractivity contribution is 5.71. The van der Waals surface area contributed by atoms with E-state index < -0.39 is 12.0 Å². The first-order valence-electron chi connectivity index (χ1n) is 6.55. The highest BCUT2D eigenvalue weighted by atomic mass is 16.9. The lowest BCUT2D eigenvalue weighted by molar-refractivity contribution is -0.381. The van der Waals surface area contributed by atoms with E-state index in [-0.39, 0.29) is 0 Å². The fraction of sp³-hybridized carbons (Fsp3) is 0.917. The van der Waals surface area contributed by atoms with E-state index in [1.54, 1.807) is 0 Å². The van der Waals surface area contributed by atoms with Crippen molar-refractivity contribution in [2.45, 2.75) is 46.0 Å². The minimum absolute atomic E-state index is 0.350. The maximum Gasteiger partial charge on any atom is 0.312 e. The number of hydrogen-bond acceptors (Lipinski definition) is 4. The lowest BCUT2D eigenvalue weighted by Crippen LogP contribution is -2.44. The quantitative estimate of drug-likeness (QED) is 0.554. The van der Waals surface area contributed by atoms with Crippen molar-refractivity contribution in [3.05, 3.63) is 0 Å². The molecule has 0 saturated carbocycles. The molecule has 6 heteroatoms. The van der Waals surface area contributed by atoms with E-state index >= 15 is 0 Å². The first kappa shape index (κ1) is 17.2. The van der Waals surface area contributed by atoms with Gasteiger partial charge in [0.15, 0.2) is 0 Å². The van der Waals surface area contributed by atoms with Crippen molar-refractivity contribution in [2.75, 3.05) is 26.4 Å². The SMILES string of the molecule is CCCOC(CCNC(N)=O)(OCC)OCCC. The molecule has 0 bridgehead atoms. The number of amides is 2. The topological polar surface area (TPSA) is 82.8 Å². The maximum absolute atomic E-state index is 10.7. The second-order valence-electron chi connectivity index (χ2n) is 3.85. The molecule has 0 fully saturated rings. The van der Waals surface area contributed by atoms with Crippen molar-refractivity contribution in [3.63, 3.8) is 0 Å². The van der Waals surface area contributed by atoms with Gasteiger partial charge in [0, 0.05) is 19.6 Å². The number of hydrogen-bond donors (Lipinski definition) is 2. The van der Waals surface area contributed by atoms with Crippen LogP contribution in [0.2, 0.25) is 0 Å². The van der Waals surface area contributed by atoms with Crippen molar-refractivity contribution >= 4 is 6.03 Å². The molecule has 0 atom stereocenters. The van der Waals surface area contributed by atoms with Gasteiger partial charge in [-0.05, 0) is 19.8 Å². The molecule has 0 rings (SSSR count). The Morgan fingerprint density at radius 1 is 1.11 bits per heavy atom. The van der Waals surface area contributed by atoms with Gasteiger partial charge in [-0.15, -0.1) is 0 Å². The molecular weight excluding hydrogens is 236 g/mol. The highest BCUT2D eigenvalue weighted by Crippen LogP contribution is 2.20. The molecule has 0 aromatic carbocycles. The summed E-state index contributed by atoms with van der Waals surface area (Å²) in [6.45, 7) is 7.81. The Balaban J connectivity index is 4.42. The van der Waals surface area contributed by atoms with Crippen molar-refractivity contribution in [2.24, 2.45) is 5.73 Å². The van der Waals surface area contributed by atoms with E-state index in [2.05, 4.69) is 5.32 Å². The van der Waals surface area contributed by atoms with Crippen LogP contribution >= 0.6 is 0 Å². The normalized spacial score (nSPS) is 11.5. The third kappa shape index (κ3) is 7.47. The van der Waals surface area contributed by atoms with E-state index in [9.17, 15) is 4.79 Å². The summed E-state index contributed by atoms with van der Waals surface area (Å²) in [6.07, 6.45) is 2.14. The number of ether oxygens (including phenoxy) is 3. The van der Waals surface area contributed by atoms with E-state index in [0.29, 0.717) is 32.8 Å². The zero-order valence-electron chi connectivity index (χ0n) is 11.7. The Morgan fingerprint density at radius 3 is 2.06 bits per heavy atom. The van der Waals surface area contributed by atoms with Crippen LogP contribution in [0, 0.1) is 0 Å². The summed E-state index contributed by atoms with van der Waals surface area (Å²) in [6, 6.07) is -0.564. The summed E-state index contributed by atoms with van der Waals surface area (Å²) in [4.78, 5) is 10.7. The van der Waals surface area contributed by atoms with Crippen LogP contribution in [-0.4, -0.2) is 38.4 Å². The average Bonchev–Trinajstić information content (AvgIpc) is 2.33. The van der Waals surface area contributed by atoms with E-state index in [0.717, 1.165) is 12.8 Å². The van der Waals surface area contributed by atoms with Crippen molar-refractivity contribution in [1.29, 1.82) is 0 Å². The Morgan fingerprint density at radius 2 is 1.67 bits per heavy atom. The number of nitrogens with two attached hydrogens (primary N) is 1. The predicted octanol–water partition coefficient (Wildman–Crippen LogP) is 1.59. The van der Waals surface area contributed by atoms with Crippen LogP contribution in [0.25, 0.3) is 0 Å². The first-order valence-corrected chi connectivity index (χ1v) is 6.55. The minimum atomic E-state index is -1.08. The molecule has 0 aliphatic heterocycles. The third-order valence-electron chi connectivity index (χ3n) is 2.15. The van der Waals surface area contributed by atoms with Gasteiger partial charge in [0.1, 0.15) is 0 Å². The fourth-order valence-corrected chi connectivity index (χ4v) is 1.42. The number of rotatable bonds is 11. The van der Waals surface area contributed by atoms with Gasteiger partial charge in [-0.25, -0.2) is 4.79 Å². The Kier molecular flexibility index (Phi) is 9.63. The minimum Gasteiger partial charge on any atom is -0.352 e. The first-order chi connectivity index (χ1) is 8.60. The second-order valence-corrected chi connectivity index (χ2v) is 3.85. The molecule has 3 N–H and O–H groups in total. The molecule has 0 aliphatic rings. The van der Waals surface area contributed by atoms with E-state index in [4.69, 9.17) is 19.9 Å². The number of nitrogens with one attached hydrogen (secondary N) is 1. The van der Waals surface area contributed by atoms with Crippen molar-refractivity contribution in [3.8, 4) is 0 Å². The predicted molar refractivity (Wildman–Crippen MR) is 69.0 cm³/mol. The van der Waals surface area contributed by atoms with Gasteiger partial charge < -0.3 is 25.3 Å². The summed E-state index contributed by atoms with van der Waals surface area (Å²) < 4.78 is 16.9. The zero-order valence-corrected chi connectivity index (χ0v) is 11.7. The van der Waals surface area contributed by atoms with E-state index in [1.165, 1.54) is 0 Å². The lowest BCUT2D eigenvalue weighted by Gasteiger charge is -2.33. The average molecular weight is 262 g/mol. The molecular formula is C12H26N2O4. The molecule has 0 radical (unpaired) electrons. The summed E-state index contributed by atoms with van der Waals surface area (Å²) in [5.74, 6) is -1.08. The summed E-state index contributed by atoms with van der Waals surface area (Å²) in [5.41, 5.74) is 5.02. The van der Waals surface area contributed by atoms with Crippen LogP contribution in [0.5, 0.6) is 0 Å². The zero-order chi connectivity index (χ0) is 13.9. The molecule has 0 aliphatic carbocycles. The molecule has 108 valence electrons. The maximum atomic E-state index is 10.7. The summed E-state index contributed by atoms with van der Waals surface area (Å²) >= 11 is 0. The molecule has 0 aromatic rings. The van der Waals surface area contributed by atoms with Crippen LogP contribution in [0.3, 0.4) is 0 Å². The highest BCUT2D eigenvalue weighted by Gasteiger charge is 2.32. The largest absolute Gasteiger partial charge is 0.352 e. The molecule has 0 saturated heterocycles. The van der Waals surface area contributed by atoms with Gasteiger partial charge >= 0.3 is 6.03 Å². The van der Waals surface area contributed by atoms with Crippen LogP contribution in [-0.2, 0) is 14.2 Å². The summed E-state index contributed by atoms with van der Waals surface area (Å²) in [5, 5.41) is 2.51. The van der Waals surface area contributed by atoms with Crippen molar-refractivity contribution in [1.82, 2.24) is 5.32 Å². The molecule has 0 heterocycles. The van der Waals surface area contributed by atoms with Crippen LogP contribution in [0.4, 0.5) is 4.79 Å². The van der Waals surface area contributed by atoms with Gasteiger partial charge in [0.2, 0.25) is 0 Å². The van der Waals surface area contributed by atoms with Crippen LogP contribution in [0.15, 0.2) is 0 Å². The monoisotopic (exact) mass is 262 g/mol. The van der Waals surface area contributed by atoms with Gasteiger partial charge in [-0.1, -0.05) is 13.8 Å². The molecule has 0 spiro atoms. The molecule has 0 aromatic heterocycles. The van der Waals surface area contributed by atoms with Gasteiger partial charge in [-0.3, -0.25) is 0 Å². The van der Waals surface area contributed by atoms with Crippen molar-refractivity contribution < 1.29 is 19.0 Å². The second kappa shape index (κ2) is 10.1. The Labute approximate surface area is 109 Å². The third-order valence-corrected chi connectivity index (χ3v) is 2.15. The van der Waals surface area contributed by atoms with Gasteiger partial charge in [0.25, 0.3) is 5.97 Å². The molecule has 0 unspecified atom stereocenters. The number of urea groups is 1. The van der Waals surface area contributed by atoms with Crippen LogP contribution < -0.4 is 11.1 Å². The Hall–Kier alpha value is -0.850. The fourth-order valence-electron chi connectivity index (χ4n) is 1.42. The number of primary amides is 1. The molecule has 18 heavy (non-hydrogen) atoms. The van der Waals surface area contributed by atoms with Crippen LogP contribution in [0.1, 0.15) is 40.0 Å². The smallest absolute Gasteiger partial charge is 0.312 e. The molecule has 2 amide bonds. The molecule has 6 nitrogen and oxygen atoms in total. The lowest BCUT2D eigenvalue weighted by atomic mass is 10.3. The van der Waals surface area contributed by atoms with Gasteiger partial charge in [-0.2, -0.15) is 0 Å². The number of carbonyl (C=O) groups excluding carboxylic acids is 1. The Bertz CT molecular complexity index is 216.